The molecule has 152 valence electrons. The second kappa shape index (κ2) is 8.72. The van der Waals surface area contributed by atoms with Gasteiger partial charge in [-0.3, -0.25) is 4.79 Å². The number of aryl methyl sites for hydroxylation is 1. The Labute approximate surface area is 167 Å². The number of benzene rings is 2. The third kappa shape index (κ3) is 4.71. The Morgan fingerprint density at radius 3 is 2.59 bits per heavy atom. The normalized spacial score (nSPS) is 11.8. The fourth-order valence-corrected chi connectivity index (χ4v) is 2.70. The molecule has 29 heavy (non-hydrogen) atoms. The molecular formula is C21H21FN2O5. The van der Waals surface area contributed by atoms with Crippen LogP contribution in [0.15, 0.2) is 40.9 Å². The maximum absolute atomic E-state index is 13.7. The van der Waals surface area contributed by atoms with Gasteiger partial charge in [0.05, 0.1) is 20.6 Å². The minimum Gasteiger partial charge on any atom is -0.493 e. The molecule has 0 fully saturated rings. The van der Waals surface area contributed by atoms with Crippen LogP contribution in [0.5, 0.6) is 11.5 Å². The number of aromatic nitrogens is 2. The van der Waals surface area contributed by atoms with Gasteiger partial charge >= 0.3 is 5.97 Å². The summed E-state index contributed by atoms with van der Waals surface area (Å²) in [6.45, 7) is 3.29. The lowest BCUT2D eigenvalue weighted by molar-refractivity contribution is -0.148. The SMILES string of the molecule is COc1ccc(CC(=O)OC(C)c2nc(-c3ccc(C)c(F)c3)no2)cc1OC. The van der Waals surface area contributed by atoms with Gasteiger partial charge in [-0.25, -0.2) is 4.39 Å². The predicted molar refractivity (Wildman–Crippen MR) is 102 cm³/mol. The molecule has 7 nitrogen and oxygen atoms in total. The highest BCUT2D eigenvalue weighted by Gasteiger charge is 2.20. The van der Waals surface area contributed by atoms with Crippen molar-refractivity contribution in [3.05, 3.63) is 59.2 Å². The first-order valence-electron chi connectivity index (χ1n) is 8.91. The summed E-state index contributed by atoms with van der Waals surface area (Å²) in [5.74, 6) is 0.624. The van der Waals surface area contributed by atoms with Crippen LogP contribution in [-0.2, 0) is 16.0 Å². The van der Waals surface area contributed by atoms with E-state index in [4.69, 9.17) is 18.7 Å². The number of hydrogen-bond donors (Lipinski definition) is 0. The monoisotopic (exact) mass is 400 g/mol. The molecule has 1 aromatic heterocycles. The zero-order valence-corrected chi connectivity index (χ0v) is 16.6. The van der Waals surface area contributed by atoms with E-state index in [0.717, 1.165) is 0 Å². The molecule has 0 radical (unpaired) electrons. The Bertz CT molecular complexity index is 1020. The van der Waals surface area contributed by atoms with Crippen molar-refractivity contribution in [3.8, 4) is 22.9 Å². The summed E-state index contributed by atoms with van der Waals surface area (Å²) in [6, 6.07) is 9.84. The topological polar surface area (TPSA) is 83.7 Å². The number of ether oxygens (including phenoxy) is 3. The molecule has 2 aromatic carbocycles. The summed E-state index contributed by atoms with van der Waals surface area (Å²) in [4.78, 5) is 16.5. The third-order valence-corrected chi connectivity index (χ3v) is 4.32. The van der Waals surface area contributed by atoms with Crippen molar-refractivity contribution >= 4 is 5.97 Å². The average molecular weight is 400 g/mol. The first kappa shape index (κ1) is 20.3. The molecule has 8 heteroatoms. The number of carbonyl (C=O) groups is 1. The second-order valence-electron chi connectivity index (χ2n) is 6.42. The lowest BCUT2D eigenvalue weighted by Gasteiger charge is -2.11. The van der Waals surface area contributed by atoms with Crippen LogP contribution in [-0.4, -0.2) is 30.3 Å². The highest BCUT2D eigenvalue weighted by Crippen LogP contribution is 2.28. The minimum atomic E-state index is -0.751. The molecule has 0 N–H and O–H groups in total. The van der Waals surface area contributed by atoms with Gasteiger partial charge < -0.3 is 18.7 Å². The van der Waals surface area contributed by atoms with E-state index in [-0.39, 0.29) is 24.0 Å². The van der Waals surface area contributed by atoms with Gasteiger partial charge in [0.2, 0.25) is 5.82 Å². The molecule has 0 spiro atoms. The highest BCUT2D eigenvalue weighted by atomic mass is 19.1. The molecule has 1 atom stereocenters. The van der Waals surface area contributed by atoms with Crippen molar-refractivity contribution in [1.82, 2.24) is 10.1 Å². The first-order valence-corrected chi connectivity index (χ1v) is 8.91. The standard InChI is InChI=1S/C21H21FN2O5/c1-12-5-7-15(11-16(12)22)20-23-21(29-24-20)13(2)28-19(25)10-14-6-8-17(26-3)18(9-14)27-4/h5-9,11,13H,10H2,1-4H3. The number of esters is 1. The van der Waals surface area contributed by atoms with Crippen molar-refractivity contribution in [2.75, 3.05) is 14.2 Å². The quantitative estimate of drug-likeness (QED) is 0.553. The van der Waals surface area contributed by atoms with Crippen molar-refractivity contribution in [3.63, 3.8) is 0 Å². The fourth-order valence-electron chi connectivity index (χ4n) is 2.70. The number of rotatable bonds is 7. The summed E-state index contributed by atoms with van der Waals surface area (Å²) in [6.07, 6.45) is -0.714. The van der Waals surface area contributed by atoms with E-state index in [0.29, 0.717) is 28.2 Å². The Morgan fingerprint density at radius 2 is 1.90 bits per heavy atom. The number of methoxy groups -OCH3 is 2. The largest absolute Gasteiger partial charge is 0.493 e. The Morgan fingerprint density at radius 1 is 1.14 bits per heavy atom. The first-order chi connectivity index (χ1) is 13.9. The van der Waals surface area contributed by atoms with Crippen LogP contribution in [0.4, 0.5) is 4.39 Å². The van der Waals surface area contributed by atoms with Crippen LogP contribution in [0.3, 0.4) is 0 Å². The van der Waals surface area contributed by atoms with E-state index in [2.05, 4.69) is 10.1 Å². The van der Waals surface area contributed by atoms with Crippen LogP contribution < -0.4 is 9.47 Å². The highest BCUT2D eigenvalue weighted by molar-refractivity contribution is 5.73. The van der Waals surface area contributed by atoms with Gasteiger partial charge in [0.25, 0.3) is 5.89 Å². The lowest BCUT2D eigenvalue weighted by Crippen LogP contribution is -2.12. The van der Waals surface area contributed by atoms with Gasteiger partial charge in [-0.15, -0.1) is 0 Å². The molecule has 1 heterocycles. The molecule has 0 aliphatic rings. The van der Waals surface area contributed by atoms with Crippen molar-refractivity contribution in [2.45, 2.75) is 26.4 Å². The lowest BCUT2D eigenvalue weighted by atomic mass is 10.1. The van der Waals surface area contributed by atoms with Gasteiger partial charge in [-0.1, -0.05) is 23.4 Å². The smallest absolute Gasteiger partial charge is 0.311 e. The molecular weight excluding hydrogens is 379 g/mol. The second-order valence-corrected chi connectivity index (χ2v) is 6.42. The maximum atomic E-state index is 13.7. The van der Waals surface area contributed by atoms with Gasteiger partial charge in [0.15, 0.2) is 17.6 Å². The minimum absolute atomic E-state index is 0.0366. The van der Waals surface area contributed by atoms with Gasteiger partial charge in [-0.05, 0) is 43.2 Å². The van der Waals surface area contributed by atoms with Crippen molar-refractivity contribution in [1.29, 1.82) is 0 Å². The predicted octanol–water partition coefficient (Wildman–Crippen LogP) is 4.05. The van der Waals surface area contributed by atoms with Crippen LogP contribution >= 0.6 is 0 Å². The summed E-state index contributed by atoms with van der Waals surface area (Å²) in [5.41, 5.74) is 1.71. The molecule has 3 aromatic rings. The number of nitrogens with zero attached hydrogens (tertiary/aromatic N) is 2. The van der Waals surface area contributed by atoms with Crippen molar-refractivity contribution in [2.24, 2.45) is 0 Å². The number of hydrogen-bond acceptors (Lipinski definition) is 7. The maximum Gasteiger partial charge on any atom is 0.311 e. The molecule has 1 unspecified atom stereocenters. The average Bonchev–Trinajstić information content (AvgIpc) is 3.20. The van der Waals surface area contributed by atoms with E-state index in [1.165, 1.54) is 20.3 Å². The van der Waals surface area contributed by atoms with Gasteiger partial charge in [-0.2, -0.15) is 4.98 Å². The third-order valence-electron chi connectivity index (χ3n) is 4.32. The zero-order chi connectivity index (χ0) is 21.0. The molecule has 0 bridgehead atoms. The van der Waals surface area contributed by atoms with E-state index < -0.39 is 12.1 Å². The molecule has 0 amide bonds. The van der Waals surface area contributed by atoms with Crippen LogP contribution in [0.1, 0.15) is 30.0 Å². The molecule has 0 saturated carbocycles. The molecule has 0 aliphatic heterocycles. The summed E-state index contributed by atoms with van der Waals surface area (Å²) < 4.78 is 34.7. The molecule has 3 rings (SSSR count). The van der Waals surface area contributed by atoms with Gasteiger partial charge in [0.1, 0.15) is 5.82 Å². The van der Waals surface area contributed by atoms with E-state index in [1.54, 1.807) is 44.2 Å². The summed E-state index contributed by atoms with van der Waals surface area (Å²) >= 11 is 0. The summed E-state index contributed by atoms with van der Waals surface area (Å²) in [7, 11) is 3.06. The van der Waals surface area contributed by atoms with Crippen LogP contribution in [0, 0.1) is 12.7 Å². The fraction of sp³-hybridized carbons (Fsp3) is 0.286. The molecule has 0 saturated heterocycles. The van der Waals surface area contributed by atoms with Gasteiger partial charge in [0, 0.05) is 5.56 Å². The van der Waals surface area contributed by atoms with Crippen LogP contribution in [0.25, 0.3) is 11.4 Å². The van der Waals surface area contributed by atoms with E-state index in [1.807, 2.05) is 0 Å². The Kier molecular flexibility index (Phi) is 6.11. The zero-order valence-electron chi connectivity index (χ0n) is 16.6. The Hall–Kier alpha value is -3.42. The summed E-state index contributed by atoms with van der Waals surface area (Å²) in [5, 5.41) is 3.84. The Balaban J connectivity index is 1.66. The number of halogens is 1. The number of carbonyl (C=O) groups excluding carboxylic acids is 1. The van der Waals surface area contributed by atoms with E-state index in [9.17, 15) is 9.18 Å². The van der Waals surface area contributed by atoms with Crippen molar-refractivity contribution < 1.29 is 27.9 Å². The molecule has 0 aliphatic carbocycles. The van der Waals surface area contributed by atoms with E-state index >= 15 is 0 Å². The van der Waals surface area contributed by atoms with Crippen LogP contribution in [0.2, 0.25) is 0 Å².